The van der Waals surface area contributed by atoms with E-state index in [9.17, 15) is 4.79 Å². The van der Waals surface area contributed by atoms with Gasteiger partial charge in [0.1, 0.15) is 5.75 Å². The highest BCUT2D eigenvalue weighted by atomic mass is 16.5. The second-order valence-corrected chi connectivity index (χ2v) is 5.88. The number of hydrogen-bond acceptors (Lipinski definition) is 4. The van der Waals surface area contributed by atoms with Crippen LogP contribution in [0.1, 0.15) is 31.0 Å². The summed E-state index contributed by atoms with van der Waals surface area (Å²) in [6, 6.07) is 18.6. The third-order valence-electron chi connectivity index (χ3n) is 3.81. The maximum atomic E-state index is 11.9. The van der Waals surface area contributed by atoms with Crippen LogP contribution < -0.4 is 10.4 Å². The molecule has 132 valence electrons. The lowest BCUT2D eigenvalue weighted by molar-refractivity contribution is 0.309. The molecule has 0 spiro atoms. The molecule has 3 aromatic rings. The fourth-order valence-electron chi connectivity index (χ4n) is 2.40. The molecule has 3 rings (SSSR count). The van der Waals surface area contributed by atoms with Crippen molar-refractivity contribution in [1.29, 1.82) is 0 Å². The molecule has 4 nitrogen and oxygen atoms in total. The zero-order chi connectivity index (χ0) is 18.2. The van der Waals surface area contributed by atoms with Crippen LogP contribution in [0.3, 0.4) is 0 Å². The van der Waals surface area contributed by atoms with Gasteiger partial charge in [-0.25, -0.2) is 9.78 Å². The van der Waals surface area contributed by atoms with Crippen LogP contribution in [0.4, 0.5) is 0 Å². The summed E-state index contributed by atoms with van der Waals surface area (Å²) < 4.78 is 10.9. The minimum absolute atomic E-state index is 0.297. The van der Waals surface area contributed by atoms with Crippen LogP contribution in [0.5, 0.6) is 5.75 Å². The average molecular weight is 347 g/mol. The fourth-order valence-corrected chi connectivity index (χ4v) is 2.40. The second-order valence-electron chi connectivity index (χ2n) is 5.88. The van der Waals surface area contributed by atoms with E-state index >= 15 is 0 Å². The molecule has 0 unspecified atom stereocenters. The van der Waals surface area contributed by atoms with Crippen LogP contribution in [-0.4, -0.2) is 11.6 Å². The highest BCUT2D eigenvalue weighted by Gasteiger charge is 2.06. The summed E-state index contributed by atoms with van der Waals surface area (Å²) >= 11 is 0. The Labute approximate surface area is 152 Å². The molecule has 0 atom stereocenters. The molecular weight excluding hydrogens is 326 g/mol. The first-order valence-corrected chi connectivity index (χ1v) is 8.73. The summed E-state index contributed by atoms with van der Waals surface area (Å²) in [4.78, 5) is 16.3. The van der Waals surface area contributed by atoms with Crippen molar-refractivity contribution in [2.45, 2.75) is 19.8 Å². The molecular formula is C22H21NO3. The number of benzene rings is 2. The molecule has 26 heavy (non-hydrogen) atoms. The first kappa shape index (κ1) is 17.7. The van der Waals surface area contributed by atoms with Crippen LogP contribution in [0.15, 0.2) is 69.9 Å². The predicted molar refractivity (Wildman–Crippen MR) is 104 cm³/mol. The van der Waals surface area contributed by atoms with E-state index in [1.165, 1.54) is 6.07 Å². The van der Waals surface area contributed by atoms with E-state index in [2.05, 4.69) is 11.9 Å². The lowest BCUT2D eigenvalue weighted by Crippen LogP contribution is -2.02. The van der Waals surface area contributed by atoms with Gasteiger partial charge in [0.2, 0.25) is 5.89 Å². The standard InChI is InChI=1S/C22H21NO3/c1-2-3-15-25-20-13-10-18(11-14-20)22-23-19(16-21(24)26-22)12-9-17-7-5-4-6-8-17/h4-14,16H,2-3,15H2,1H3/b12-9+. The van der Waals surface area contributed by atoms with E-state index in [1.807, 2.05) is 60.7 Å². The van der Waals surface area contributed by atoms with Crippen molar-refractivity contribution in [2.24, 2.45) is 0 Å². The monoisotopic (exact) mass is 347 g/mol. The van der Waals surface area contributed by atoms with Crippen molar-refractivity contribution < 1.29 is 9.15 Å². The van der Waals surface area contributed by atoms with Crippen LogP contribution in [0.2, 0.25) is 0 Å². The molecule has 0 amide bonds. The molecule has 0 aliphatic rings. The highest BCUT2D eigenvalue weighted by Crippen LogP contribution is 2.20. The Bertz CT molecular complexity index is 912. The Kier molecular flexibility index (Phi) is 5.99. The lowest BCUT2D eigenvalue weighted by atomic mass is 10.2. The number of aromatic nitrogens is 1. The van der Waals surface area contributed by atoms with Gasteiger partial charge in [0.25, 0.3) is 0 Å². The second kappa shape index (κ2) is 8.81. The minimum Gasteiger partial charge on any atom is -0.494 e. The van der Waals surface area contributed by atoms with Crippen LogP contribution in [-0.2, 0) is 0 Å². The summed E-state index contributed by atoms with van der Waals surface area (Å²) in [5, 5.41) is 0. The Morgan fingerprint density at radius 3 is 2.54 bits per heavy atom. The van der Waals surface area contributed by atoms with E-state index < -0.39 is 5.63 Å². The van der Waals surface area contributed by atoms with E-state index in [1.54, 1.807) is 6.08 Å². The van der Waals surface area contributed by atoms with Crippen molar-refractivity contribution in [1.82, 2.24) is 4.98 Å². The summed E-state index contributed by atoms with van der Waals surface area (Å²) in [7, 11) is 0. The Morgan fingerprint density at radius 2 is 1.81 bits per heavy atom. The van der Waals surface area contributed by atoms with Crippen molar-refractivity contribution in [3.63, 3.8) is 0 Å². The first-order valence-electron chi connectivity index (χ1n) is 8.73. The minimum atomic E-state index is -0.425. The molecule has 0 aliphatic carbocycles. The van der Waals surface area contributed by atoms with Gasteiger partial charge in [-0.1, -0.05) is 49.8 Å². The topological polar surface area (TPSA) is 52.3 Å². The third kappa shape index (κ3) is 4.93. The summed E-state index contributed by atoms with van der Waals surface area (Å²) in [6.45, 7) is 2.82. The van der Waals surface area contributed by atoms with E-state index in [4.69, 9.17) is 9.15 Å². The quantitative estimate of drug-likeness (QED) is 0.561. The van der Waals surface area contributed by atoms with Gasteiger partial charge < -0.3 is 9.15 Å². The molecule has 0 N–H and O–H groups in total. The molecule has 4 heteroatoms. The lowest BCUT2D eigenvalue weighted by Gasteiger charge is -2.06. The van der Waals surface area contributed by atoms with Crippen LogP contribution in [0.25, 0.3) is 23.6 Å². The van der Waals surface area contributed by atoms with Gasteiger partial charge in [-0.15, -0.1) is 0 Å². The van der Waals surface area contributed by atoms with Gasteiger partial charge in [-0.2, -0.15) is 0 Å². The zero-order valence-electron chi connectivity index (χ0n) is 14.7. The number of rotatable bonds is 7. The number of unbranched alkanes of at least 4 members (excludes halogenated alkanes) is 1. The fraction of sp³-hybridized carbons (Fsp3) is 0.182. The Balaban J connectivity index is 1.79. The van der Waals surface area contributed by atoms with Crippen LogP contribution in [0, 0.1) is 0 Å². The smallest absolute Gasteiger partial charge is 0.339 e. The van der Waals surface area contributed by atoms with Gasteiger partial charge in [-0.05, 0) is 42.3 Å². The molecule has 0 fully saturated rings. The molecule has 0 radical (unpaired) electrons. The summed E-state index contributed by atoms with van der Waals surface area (Å²) in [5.41, 5.74) is 1.91. The SMILES string of the molecule is CCCCOc1ccc(-c2nc(/C=C/c3ccccc3)cc(=O)o2)cc1. The van der Waals surface area contributed by atoms with Crippen molar-refractivity contribution in [3.8, 4) is 17.2 Å². The predicted octanol–water partition coefficient (Wildman–Crippen LogP) is 5.05. The van der Waals surface area contributed by atoms with Gasteiger partial charge in [0.15, 0.2) is 0 Å². The largest absolute Gasteiger partial charge is 0.494 e. The van der Waals surface area contributed by atoms with Crippen molar-refractivity contribution in [2.75, 3.05) is 6.61 Å². The van der Waals surface area contributed by atoms with Crippen molar-refractivity contribution in [3.05, 3.63) is 82.3 Å². The molecule has 0 aliphatic heterocycles. The molecule has 1 aromatic heterocycles. The van der Waals surface area contributed by atoms with E-state index in [0.29, 0.717) is 18.2 Å². The number of hydrogen-bond donors (Lipinski definition) is 0. The van der Waals surface area contributed by atoms with Gasteiger partial charge in [0, 0.05) is 11.6 Å². The van der Waals surface area contributed by atoms with Gasteiger partial charge in [0.05, 0.1) is 12.3 Å². The average Bonchev–Trinajstić information content (AvgIpc) is 2.67. The normalized spacial score (nSPS) is 11.0. The maximum Gasteiger partial charge on any atom is 0.339 e. The van der Waals surface area contributed by atoms with E-state index in [0.717, 1.165) is 29.7 Å². The third-order valence-corrected chi connectivity index (χ3v) is 3.81. The van der Waals surface area contributed by atoms with Crippen molar-refractivity contribution >= 4 is 12.2 Å². The Morgan fingerprint density at radius 1 is 1.04 bits per heavy atom. The van der Waals surface area contributed by atoms with Crippen LogP contribution >= 0.6 is 0 Å². The maximum absolute atomic E-state index is 11.9. The molecule has 2 aromatic carbocycles. The van der Waals surface area contributed by atoms with Gasteiger partial charge >= 0.3 is 5.63 Å². The molecule has 1 heterocycles. The Hall–Kier alpha value is -3.14. The highest BCUT2D eigenvalue weighted by molar-refractivity contribution is 5.68. The first-order chi connectivity index (χ1) is 12.7. The number of nitrogens with zero attached hydrogens (tertiary/aromatic N) is 1. The zero-order valence-corrected chi connectivity index (χ0v) is 14.7. The molecule has 0 bridgehead atoms. The molecule has 0 saturated carbocycles. The number of ether oxygens (including phenoxy) is 1. The summed E-state index contributed by atoms with van der Waals surface area (Å²) in [5.74, 6) is 1.09. The molecule has 0 saturated heterocycles. The van der Waals surface area contributed by atoms with Gasteiger partial charge in [-0.3, -0.25) is 0 Å². The summed E-state index contributed by atoms with van der Waals surface area (Å²) in [6.07, 6.45) is 5.83. The van der Waals surface area contributed by atoms with E-state index in [-0.39, 0.29) is 0 Å².